The Hall–Kier alpha value is -1.31. The van der Waals surface area contributed by atoms with Crippen LogP contribution in [0.15, 0.2) is 23.1 Å². The number of anilines is 1. The highest BCUT2D eigenvalue weighted by Crippen LogP contribution is 2.32. The number of methoxy groups -OCH3 is 1. The van der Waals surface area contributed by atoms with Gasteiger partial charge >= 0.3 is 0 Å². The van der Waals surface area contributed by atoms with E-state index in [2.05, 4.69) is 5.32 Å². The Kier molecular flexibility index (Phi) is 5.08. The van der Waals surface area contributed by atoms with Gasteiger partial charge in [0.1, 0.15) is 5.75 Å². The summed E-state index contributed by atoms with van der Waals surface area (Å²) in [5, 5.41) is 8.58. The van der Waals surface area contributed by atoms with E-state index in [4.69, 9.17) is 15.6 Å². The van der Waals surface area contributed by atoms with Crippen LogP contribution in [0.1, 0.15) is 25.7 Å². The van der Waals surface area contributed by atoms with Crippen LogP contribution < -0.4 is 20.9 Å². The van der Waals surface area contributed by atoms with E-state index < -0.39 is 10.0 Å². The largest absolute Gasteiger partial charge is 0.495 e. The molecular formula is C14H23N3O3S. The number of nitrogens with one attached hydrogen (secondary N) is 1. The van der Waals surface area contributed by atoms with Crippen LogP contribution in [-0.4, -0.2) is 28.1 Å². The average molecular weight is 313 g/mol. The monoisotopic (exact) mass is 313 g/mol. The molecule has 1 aliphatic carbocycles. The second kappa shape index (κ2) is 6.64. The van der Waals surface area contributed by atoms with Crippen LogP contribution in [0.25, 0.3) is 0 Å². The minimum absolute atomic E-state index is 0.0749. The number of sulfonamides is 1. The van der Waals surface area contributed by atoms with E-state index in [9.17, 15) is 8.42 Å². The quantitative estimate of drug-likeness (QED) is 0.759. The summed E-state index contributed by atoms with van der Waals surface area (Å²) >= 11 is 0. The molecule has 118 valence electrons. The first-order valence-corrected chi connectivity index (χ1v) is 8.67. The van der Waals surface area contributed by atoms with Gasteiger partial charge in [0.05, 0.1) is 17.7 Å². The second-order valence-corrected chi connectivity index (χ2v) is 7.00. The molecular weight excluding hydrogens is 290 g/mol. The Balaban J connectivity index is 2.28. The van der Waals surface area contributed by atoms with Gasteiger partial charge in [-0.25, -0.2) is 13.6 Å². The molecule has 2 atom stereocenters. The zero-order valence-electron chi connectivity index (χ0n) is 12.2. The molecule has 0 bridgehead atoms. The molecule has 1 saturated carbocycles. The topological polar surface area (TPSA) is 107 Å². The number of rotatable bonds is 5. The number of ether oxygens (including phenoxy) is 1. The van der Waals surface area contributed by atoms with E-state index in [0.29, 0.717) is 23.9 Å². The predicted molar refractivity (Wildman–Crippen MR) is 82.8 cm³/mol. The third-order valence-electron chi connectivity index (χ3n) is 4.05. The van der Waals surface area contributed by atoms with Crippen molar-refractivity contribution in [2.75, 3.05) is 19.0 Å². The van der Waals surface area contributed by atoms with Crippen molar-refractivity contribution in [2.45, 2.75) is 36.6 Å². The zero-order valence-corrected chi connectivity index (χ0v) is 13.0. The van der Waals surface area contributed by atoms with Gasteiger partial charge in [-0.15, -0.1) is 0 Å². The smallest absolute Gasteiger partial charge is 0.238 e. The Labute approximate surface area is 125 Å². The minimum Gasteiger partial charge on any atom is -0.495 e. The highest BCUT2D eigenvalue weighted by atomic mass is 32.2. The highest BCUT2D eigenvalue weighted by molar-refractivity contribution is 7.89. The standard InChI is InChI=1S/C14H23N3O3S/c1-20-14-7-6-11(21(16,18)19)8-13(14)17-12-5-3-2-4-10(12)9-15/h6-8,10,12,17H,2-5,9,15H2,1H3,(H2,16,18,19). The normalized spacial score (nSPS) is 22.8. The maximum Gasteiger partial charge on any atom is 0.238 e. The summed E-state index contributed by atoms with van der Waals surface area (Å²) in [6, 6.07) is 4.81. The summed E-state index contributed by atoms with van der Waals surface area (Å²) in [5.74, 6) is 0.991. The van der Waals surface area contributed by atoms with E-state index in [0.717, 1.165) is 19.3 Å². The predicted octanol–water partition coefficient (Wildman–Crippen LogP) is 1.27. The summed E-state index contributed by atoms with van der Waals surface area (Å²) < 4.78 is 28.3. The van der Waals surface area contributed by atoms with Gasteiger partial charge in [0.25, 0.3) is 0 Å². The third-order valence-corrected chi connectivity index (χ3v) is 4.96. The van der Waals surface area contributed by atoms with Gasteiger partial charge in [0.15, 0.2) is 0 Å². The summed E-state index contributed by atoms with van der Waals surface area (Å²) in [6.07, 6.45) is 4.44. The zero-order chi connectivity index (χ0) is 15.5. The van der Waals surface area contributed by atoms with Crippen molar-refractivity contribution in [3.63, 3.8) is 0 Å². The molecule has 21 heavy (non-hydrogen) atoms. The Bertz CT molecular complexity index is 589. The Morgan fingerprint density at radius 3 is 2.67 bits per heavy atom. The molecule has 1 aromatic carbocycles. The van der Waals surface area contributed by atoms with E-state index in [1.165, 1.54) is 18.6 Å². The second-order valence-electron chi connectivity index (χ2n) is 5.44. The fraction of sp³-hybridized carbons (Fsp3) is 0.571. The number of hydrogen-bond acceptors (Lipinski definition) is 5. The van der Waals surface area contributed by atoms with Crippen LogP contribution >= 0.6 is 0 Å². The van der Waals surface area contributed by atoms with Crippen molar-refractivity contribution in [3.05, 3.63) is 18.2 Å². The maximum atomic E-state index is 11.5. The molecule has 1 aliphatic rings. The van der Waals surface area contributed by atoms with Gasteiger partial charge < -0.3 is 15.8 Å². The Morgan fingerprint density at radius 2 is 2.05 bits per heavy atom. The van der Waals surface area contributed by atoms with Crippen molar-refractivity contribution in [2.24, 2.45) is 16.8 Å². The van der Waals surface area contributed by atoms with Crippen LogP contribution in [0.5, 0.6) is 5.75 Å². The summed E-state index contributed by atoms with van der Waals surface area (Å²) in [7, 11) is -2.18. The lowest BCUT2D eigenvalue weighted by molar-refractivity contribution is 0.331. The van der Waals surface area contributed by atoms with Crippen LogP contribution in [-0.2, 0) is 10.0 Å². The molecule has 0 saturated heterocycles. The molecule has 1 aromatic rings. The summed E-state index contributed by atoms with van der Waals surface area (Å²) in [5.41, 5.74) is 6.48. The van der Waals surface area contributed by atoms with Crippen molar-refractivity contribution < 1.29 is 13.2 Å². The summed E-state index contributed by atoms with van der Waals surface area (Å²) in [6.45, 7) is 0.620. The van der Waals surface area contributed by atoms with E-state index in [1.54, 1.807) is 13.2 Å². The van der Waals surface area contributed by atoms with Gasteiger partial charge in [-0.05, 0) is 43.5 Å². The summed E-state index contributed by atoms with van der Waals surface area (Å²) in [4.78, 5) is 0.0749. The van der Waals surface area contributed by atoms with Crippen LogP contribution in [0.2, 0.25) is 0 Å². The molecule has 0 aliphatic heterocycles. The first-order chi connectivity index (χ1) is 9.95. The van der Waals surface area contributed by atoms with Gasteiger partial charge in [-0.3, -0.25) is 0 Å². The molecule has 7 heteroatoms. The first-order valence-electron chi connectivity index (χ1n) is 7.13. The molecule has 6 nitrogen and oxygen atoms in total. The van der Waals surface area contributed by atoms with E-state index in [1.807, 2.05) is 0 Å². The van der Waals surface area contributed by atoms with Crippen molar-refractivity contribution >= 4 is 15.7 Å². The first kappa shape index (κ1) is 16.1. The van der Waals surface area contributed by atoms with E-state index in [-0.39, 0.29) is 10.9 Å². The number of hydrogen-bond donors (Lipinski definition) is 3. The fourth-order valence-electron chi connectivity index (χ4n) is 2.86. The van der Waals surface area contributed by atoms with Crippen molar-refractivity contribution in [1.82, 2.24) is 0 Å². The lowest BCUT2D eigenvalue weighted by atomic mass is 9.84. The third kappa shape index (κ3) is 3.87. The maximum absolute atomic E-state index is 11.5. The molecule has 1 fully saturated rings. The van der Waals surface area contributed by atoms with Crippen molar-refractivity contribution in [1.29, 1.82) is 0 Å². The minimum atomic E-state index is -3.73. The van der Waals surface area contributed by atoms with Crippen LogP contribution in [0.4, 0.5) is 5.69 Å². The Morgan fingerprint density at radius 1 is 1.33 bits per heavy atom. The molecule has 2 unspecified atom stereocenters. The van der Waals surface area contributed by atoms with Gasteiger partial charge in [0, 0.05) is 6.04 Å². The SMILES string of the molecule is COc1ccc(S(N)(=O)=O)cc1NC1CCCCC1CN. The lowest BCUT2D eigenvalue weighted by Gasteiger charge is -2.32. The fourth-order valence-corrected chi connectivity index (χ4v) is 3.40. The molecule has 0 heterocycles. The molecule has 0 amide bonds. The van der Waals surface area contributed by atoms with Gasteiger partial charge in [-0.2, -0.15) is 0 Å². The number of primary sulfonamides is 1. The molecule has 2 rings (SSSR count). The number of nitrogens with two attached hydrogens (primary N) is 2. The molecule has 0 radical (unpaired) electrons. The molecule has 0 aromatic heterocycles. The van der Waals surface area contributed by atoms with Crippen LogP contribution in [0, 0.1) is 5.92 Å². The van der Waals surface area contributed by atoms with Gasteiger partial charge in [0.2, 0.25) is 10.0 Å². The number of benzene rings is 1. The van der Waals surface area contributed by atoms with E-state index >= 15 is 0 Å². The highest BCUT2D eigenvalue weighted by Gasteiger charge is 2.25. The van der Waals surface area contributed by atoms with Crippen molar-refractivity contribution in [3.8, 4) is 5.75 Å². The average Bonchev–Trinajstić information content (AvgIpc) is 2.47. The molecule has 5 N–H and O–H groups in total. The van der Waals surface area contributed by atoms with Gasteiger partial charge in [-0.1, -0.05) is 12.8 Å². The molecule has 0 spiro atoms. The lowest BCUT2D eigenvalue weighted by Crippen LogP contribution is -2.36. The van der Waals surface area contributed by atoms with Crippen LogP contribution in [0.3, 0.4) is 0 Å².